The number of hydrogen-bond donors (Lipinski definition) is 2. The lowest BCUT2D eigenvalue weighted by molar-refractivity contribution is -0.117. The van der Waals surface area contributed by atoms with Crippen LogP contribution in [0, 0.1) is 11.7 Å². The smallest absolute Gasteiger partial charge is 0.248 e. The van der Waals surface area contributed by atoms with E-state index >= 15 is 0 Å². The number of benzene rings is 2. The molecule has 2 aromatic carbocycles. The lowest BCUT2D eigenvalue weighted by Gasteiger charge is -2.07. The van der Waals surface area contributed by atoms with E-state index in [4.69, 9.17) is 0 Å². The predicted octanol–water partition coefficient (Wildman–Crippen LogP) is 3.83. The summed E-state index contributed by atoms with van der Waals surface area (Å²) in [6.45, 7) is 0. The van der Waals surface area contributed by atoms with Crippen molar-refractivity contribution in [3.05, 3.63) is 66.0 Å². The van der Waals surface area contributed by atoms with Gasteiger partial charge in [-0.1, -0.05) is 24.3 Å². The first-order chi connectivity index (χ1) is 11.6. The van der Waals surface area contributed by atoms with Crippen LogP contribution in [-0.2, 0) is 9.59 Å². The van der Waals surface area contributed by atoms with Gasteiger partial charge in [-0.2, -0.15) is 0 Å². The molecule has 1 saturated carbocycles. The summed E-state index contributed by atoms with van der Waals surface area (Å²) in [5, 5.41) is 5.52. The van der Waals surface area contributed by atoms with E-state index in [2.05, 4.69) is 10.6 Å². The fraction of sp³-hybridized carbons (Fsp3) is 0.158. The molecule has 0 saturated heterocycles. The molecule has 0 unspecified atom stereocenters. The molecule has 5 heteroatoms. The molecule has 3 rings (SSSR count). The second-order valence-corrected chi connectivity index (χ2v) is 5.69. The molecule has 0 bridgehead atoms. The molecule has 0 spiro atoms. The second-order valence-electron chi connectivity index (χ2n) is 5.69. The molecule has 2 amide bonds. The molecule has 2 aromatic rings. The van der Waals surface area contributed by atoms with Crippen molar-refractivity contribution in [2.45, 2.75) is 12.8 Å². The highest BCUT2D eigenvalue weighted by molar-refractivity contribution is 6.02. The Hall–Kier alpha value is -2.95. The van der Waals surface area contributed by atoms with E-state index in [1.807, 2.05) is 0 Å². The third-order valence-corrected chi connectivity index (χ3v) is 3.67. The van der Waals surface area contributed by atoms with Gasteiger partial charge in [0, 0.05) is 28.9 Å². The molecular formula is C19H17FN2O2. The van der Waals surface area contributed by atoms with Gasteiger partial charge in [0.15, 0.2) is 0 Å². The number of amides is 2. The monoisotopic (exact) mass is 324 g/mol. The molecule has 0 atom stereocenters. The summed E-state index contributed by atoms with van der Waals surface area (Å²) >= 11 is 0. The van der Waals surface area contributed by atoms with Crippen molar-refractivity contribution in [1.29, 1.82) is 0 Å². The van der Waals surface area contributed by atoms with Gasteiger partial charge in [-0.05, 0) is 43.2 Å². The molecule has 0 aliphatic heterocycles. The zero-order chi connectivity index (χ0) is 16.9. The summed E-state index contributed by atoms with van der Waals surface area (Å²) in [6, 6.07) is 13.2. The molecule has 4 nitrogen and oxygen atoms in total. The second kappa shape index (κ2) is 7.08. The summed E-state index contributed by atoms with van der Waals surface area (Å²) in [7, 11) is 0. The average molecular weight is 324 g/mol. The highest BCUT2D eigenvalue weighted by Gasteiger charge is 2.29. The van der Waals surface area contributed by atoms with E-state index in [-0.39, 0.29) is 23.5 Å². The van der Waals surface area contributed by atoms with Gasteiger partial charge < -0.3 is 10.6 Å². The Bertz CT molecular complexity index is 797. The number of anilines is 2. The number of halogens is 1. The largest absolute Gasteiger partial charge is 0.326 e. The topological polar surface area (TPSA) is 58.2 Å². The third kappa shape index (κ3) is 4.29. The van der Waals surface area contributed by atoms with E-state index in [0.29, 0.717) is 16.9 Å². The summed E-state index contributed by atoms with van der Waals surface area (Å²) in [5.74, 6) is -0.625. The minimum absolute atomic E-state index is 0.0120. The van der Waals surface area contributed by atoms with Crippen LogP contribution in [0.25, 0.3) is 6.08 Å². The molecule has 122 valence electrons. The van der Waals surface area contributed by atoms with Gasteiger partial charge in [0.2, 0.25) is 11.8 Å². The van der Waals surface area contributed by atoms with Gasteiger partial charge in [0.1, 0.15) is 5.82 Å². The van der Waals surface area contributed by atoms with Gasteiger partial charge in [-0.15, -0.1) is 0 Å². The zero-order valence-electron chi connectivity index (χ0n) is 13.0. The number of hydrogen-bond acceptors (Lipinski definition) is 2. The highest BCUT2D eigenvalue weighted by atomic mass is 19.1. The molecule has 0 aromatic heterocycles. The average Bonchev–Trinajstić information content (AvgIpc) is 3.39. The van der Waals surface area contributed by atoms with E-state index in [0.717, 1.165) is 12.8 Å². The van der Waals surface area contributed by atoms with Crippen LogP contribution < -0.4 is 10.6 Å². The van der Waals surface area contributed by atoms with Crippen molar-refractivity contribution >= 4 is 29.3 Å². The zero-order valence-corrected chi connectivity index (χ0v) is 13.0. The van der Waals surface area contributed by atoms with Crippen LogP contribution in [0.1, 0.15) is 18.4 Å². The first-order valence-electron chi connectivity index (χ1n) is 7.76. The third-order valence-electron chi connectivity index (χ3n) is 3.67. The van der Waals surface area contributed by atoms with Crippen molar-refractivity contribution in [3.63, 3.8) is 0 Å². The fourth-order valence-corrected chi connectivity index (χ4v) is 2.22. The van der Waals surface area contributed by atoms with Gasteiger partial charge in [-0.25, -0.2) is 4.39 Å². The molecule has 1 aliphatic rings. The van der Waals surface area contributed by atoms with Gasteiger partial charge >= 0.3 is 0 Å². The van der Waals surface area contributed by atoms with E-state index < -0.39 is 0 Å². The summed E-state index contributed by atoms with van der Waals surface area (Å²) in [4.78, 5) is 23.7. The Morgan fingerprint density at radius 2 is 1.71 bits per heavy atom. The summed E-state index contributed by atoms with van der Waals surface area (Å²) < 4.78 is 13.5. The van der Waals surface area contributed by atoms with Crippen LogP contribution in [-0.4, -0.2) is 11.8 Å². The summed E-state index contributed by atoms with van der Waals surface area (Å²) in [5.41, 5.74) is 1.55. The Labute approximate surface area is 139 Å². The minimum Gasteiger partial charge on any atom is -0.326 e. The predicted molar refractivity (Wildman–Crippen MR) is 91.9 cm³/mol. The Morgan fingerprint density at radius 1 is 1.00 bits per heavy atom. The lowest BCUT2D eigenvalue weighted by Crippen LogP contribution is -2.14. The number of rotatable bonds is 5. The molecule has 0 heterocycles. The molecule has 1 fully saturated rings. The minimum atomic E-state index is -0.383. The van der Waals surface area contributed by atoms with E-state index in [9.17, 15) is 14.0 Å². The Kier molecular flexibility index (Phi) is 4.70. The van der Waals surface area contributed by atoms with Crippen LogP contribution in [0.2, 0.25) is 0 Å². The van der Waals surface area contributed by atoms with Crippen molar-refractivity contribution < 1.29 is 14.0 Å². The van der Waals surface area contributed by atoms with Gasteiger partial charge in [0.05, 0.1) is 0 Å². The lowest BCUT2D eigenvalue weighted by atomic mass is 10.2. The SMILES string of the molecule is O=C(/C=C/c1ccccc1F)Nc1cccc(NC(=O)C2CC2)c1. The van der Waals surface area contributed by atoms with Crippen LogP contribution in [0.5, 0.6) is 0 Å². The standard InChI is InChI=1S/C19H17FN2O2/c20-17-7-2-1-4-13(17)10-11-18(23)21-15-5-3-6-16(12-15)22-19(24)14-8-9-14/h1-7,10-12,14H,8-9H2,(H,21,23)(H,22,24)/b11-10+. The van der Waals surface area contributed by atoms with Crippen LogP contribution in [0.4, 0.5) is 15.8 Å². The van der Waals surface area contributed by atoms with E-state index in [1.54, 1.807) is 42.5 Å². The first kappa shape index (κ1) is 15.9. The van der Waals surface area contributed by atoms with Crippen molar-refractivity contribution in [2.75, 3.05) is 10.6 Å². The van der Waals surface area contributed by atoms with Crippen LogP contribution >= 0.6 is 0 Å². The van der Waals surface area contributed by atoms with Gasteiger partial charge in [-0.3, -0.25) is 9.59 Å². The van der Waals surface area contributed by atoms with Crippen molar-refractivity contribution in [2.24, 2.45) is 5.92 Å². The first-order valence-corrected chi connectivity index (χ1v) is 7.76. The highest BCUT2D eigenvalue weighted by Crippen LogP contribution is 2.30. The molecule has 2 N–H and O–H groups in total. The molecule has 0 radical (unpaired) electrons. The van der Waals surface area contributed by atoms with Crippen LogP contribution in [0.3, 0.4) is 0 Å². The normalized spacial score (nSPS) is 13.7. The van der Waals surface area contributed by atoms with E-state index in [1.165, 1.54) is 18.2 Å². The Balaban J connectivity index is 1.61. The number of carbonyl (C=O) groups excluding carboxylic acids is 2. The molecule has 24 heavy (non-hydrogen) atoms. The molecular weight excluding hydrogens is 307 g/mol. The van der Waals surface area contributed by atoms with Crippen molar-refractivity contribution in [3.8, 4) is 0 Å². The van der Waals surface area contributed by atoms with Crippen molar-refractivity contribution in [1.82, 2.24) is 0 Å². The maximum Gasteiger partial charge on any atom is 0.248 e. The summed E-state index contributed by atoms with van der Waals surface area (Å²) in [6.07, 6.45) is 4.56. The maximum absolute atomic E-state index is 13.5. The number of carbonyl (C=O) groups is 2. The maximum atomic E-state index is 13.5. The number of nitrogens with one attached hydrogen (secondary N) is 2. The molecule has 1 aliphatic carbocycles. The quantitative estimate of drug-likeness (QED) is 0.821. The Morgan fingerprint density at radius 3 is 2.42 bits per heavy atom. The van der Waals surface area contributed by atoms with Crippen LogP contribution in [0.15, 0.2) is 54.6 Å². The van der Waals surface area contributed by atoms with Gasteiger partial charge in [0.25, 0.3) is 0 Å². The fourth-order valence-electron chi connectivity index (χ4n) is 2.22.